The summed E-state index contributed by atoms with van der Waals surface area (Å²) in [6, 6.07) is 3.65. The number of fused-ring (bicyclic) bond motifs is 3. The van der Waals surface area contributed by atoms with Gasteiger partial charge in [0.1, 0.15) is 11.7 Å². The molecule has 1 atom stereocenters. The van der Waals surface area contributed by atoms with Gasteiger partial charge in [-0.1, -0.05) is 17.7 Å². The van der Waals surface area contributed by atoms with Crippen molar-refractivity contribution in [3.05, 3.63) is 80.3 Å². The Morgan fingerprint density at radius 3 is 2.59 bits per heavy atom. The minimum atomic E-state index is -4.52. The maximum Gasteiger partial charge on any atom is 0.416 e. The molecule has 3 aliphatic rings. The molecule has 256 valence electrons. The van der Waals surface area contributed by atoms with Gasteiger partial charge in [0.05, 0.1) is 29.5 Å². The Kier molecular flexibility index (Phi) is 8.30. The maximum atomic E-state index is 14.2. The van der Waals surface area contributed by atoms with E-state index in [1.807, 2.05) is 11.0 Å². The molecule has 0 bridgehead atoms. The van der Waals surface area contributed by atoms with Gasteiger partial charge in [-0.3, -0.25) is 19.0 Å². The molecule has 0 unspecified atom stereocenters. The number of anilines is 2. The van der Waals surface area contributed by atoms with E-state index in [4.69, 9.17) is 21.3 Å². The zero-order chi connectivity index (χ0) is 34.6. The number of pyridine rings is 1. The fourth-order valence-electron chi connectivity index (χ4n) is 6.52. The highest BCUT2D eigenvalue weighted by Crippen LogP contribution is 2.36. The summed E-state index contributed by atoms with van der Waals surface area (Å²) in [5.41, 5.74) is 0.751. The Labute approximate surface area is 281 Å². The van der Waals surface area contributed by atoms with Crippen LogP contribution in [0.3, 0.4) is 0 Å². The van der Waals surface area contributed by atoms with Crippen LogP contribution in [-0.2, 0) is 22.1 Å². The van der Waals surface area contributed by atoms with Crippen LogP contribution in [0, 0.1) is 6.92 Å². The van der Waals surface area contributed by atoms with Crippen LogP contribution in [0.15, 0.2) is 41.3 Å². The van der Waals surface area contributed by atoms with Crippen LogP contribution in [0.5, 0.6) is 5.75 Å². The smallest absolute Gasteiger partial charge is 0.416 e. The number of aromatic nitrogens is 5. The first-order valence-electron chi connectivity index (χ1n) is 15.6. The van der Waals surface area contributed by atoms with E-state index < -0.39 is 40.9 Å². The maximum absolute atomic E-state index is 14.2. The molecule has 6 heterocycles. The fourth-order valence-corrected chi connectivity index (χ4v) is 6.67. The van der Waals surface area contributed by atoms with Crippen LogP contribution in [0.2, 0.25) is 5.02 Å². The molecule has 4 aromatic rings. The van der Waals surface area contributed by atoms with Crippen LogP contribution < -0.4 is 15.8 Å². The highest BCUT2D eigenvalue weighted by atomic mass is 35.5. The van der Waals surface area contributed by atoms with Crippen molar-refractivity contribution in [2.45, 2.75) is 38.4 Å². The van der Waals surface area contributed by atoms with E-state index in [1.165, 1.54) is 34.7 Å². The predicted molar refractivity (Wildman–Crippen MR) is 172 cm³/mol. The monoisotopic (exact) mass is 698 g/mol. The summed E-state index contributed by atoms with van der Waals surface area (Å²) < 4.78 is 48.1. The number of benzene rings is 1. The molecule has 3 aromatic heterocycles. The molecule has 1 fully saturated rings. The third kappa shape index (κ3) is 5.88. The average Bonchev–Trinajstić information content (AvgIpc) is 3.73. The fraction of sp³-hybridized carbons (Fsp3) is 0.375. The van der Waals surface area contributed by atoms with E-state index in [0.29, 0.717) is 49.7 Å². The molecule has 49 heavy (non-hydrogen) atoms. The van der Waals surface area contributed by atoms with Crippen molar-refractivity contribution in [3.63, 3.8) is 0 Å². The summed E-state index contributed by atoms with van der Waals surface area (Å²) >= 11 is 5.98. The first-order valence-corrected chi connectivity index (χ1v) is 16.0. The molecule has 1 aromatic carbocycles. The van der Waals surface area contributed by atoms with Crippen LogP contribution in [0.4, 0.5) is 24.5 Å². The molecule has 13 nitrogen and oxygen atoms in total. The number of aryl methyl sites for hydroxylation is 1. The second-order valence-corrected chi connectivity index (χ2v) is 12.4. The number of piperazine rings is 1. The van der Waals surface area contributed by atoms with Crippen LogP contribution in [0.1, 0.15) is 52.0 Å². The van der Waals surface area contributed by atoms with Gasteiger partial charge in [0.15, 0.2) is 17.3 Å². The van der Waals surface area contributed by atoms with Crippen LogP contribution in [0.25, 0.3) is 11.4 Å². The SMILES string of the molecule is Cc1cc(C(F)(F)F)ccc1NC(=O)[C@H]1CCc2c(N3CCN(C(=O)c4nccc(Cl)c4O)CC3)c(=O)n3nc(C4=CCOCC4)nc3n21. The number of halogens is 4. The van der Waals surface area contributed by atoms with E-state index in [2.05, 4.69) is 15.4 Å². The molecule has 2 amide bonds. The molecule has 0 aliphatic carbocycles. The van der Waals surface area contributed by atoms with E-state index in [1.54, 1.807) is 4.57 Å². The molecule has 7 rings (SSSR count). The van der Waals surface area contributed by atoms with Crippen molar-refractivity contribution in [2.24, 2.45) is 0 Å². The highest BCUT2D eigenvalue weighted by Gasteiger charge is 2.38. The Bertz CT molecular complexity index is 2090. The number of nitrogens with zero attached hydrogens (tertiary/aromatic N) is 7. The zero-order valence-electron chi connectivity index (χ0n) is 26.1. The number of nitrogens with one attached hydrogen (secondary N) is 1. The van der Waals surface area contributed by atoms with E-state index >= 15 is 0 Å². The number of alkyl halides is 3. The number of amides is 2. The number of aromatic hydroxyl groups is 1. The molecule has 0 spiro atoms. The number of hydrogen-bond acceptors (Lipinski definition) is 9. The van der Waals surface area contributed by atoms with Crippen molar-refractivity contribution < 1.29 is 32.6 Å². The van der Waals surface area contributed by atoms with Crippen molar-refractivity contribution in [3.8, 4) is 5.75 Å². The number of ether oxygens (including phenoxy) is 1. The van der Waals surface area contributed by atoms with E-state index in [9.17, 15) is 32.7 Å². The summed E-state index contributed by atoms with van der Waals surface area (Å²) in [7, 11) is 0. The van der Waals surface area contributed by atoms with Gasteiger partial charge >= 0.3 is 6.18 Å². The second kappa shape index (κ2) is 12.5. The number of hydrogen-bond donors (Lipinski definition) is 2. The lowest BCUT2D eigenvalue weighted by atomic mass is 10.1. The summed E-state index contributed by atoms with van der Waals surface area (Å²) in [5, 5.41) is 17.6. The summed E-state index contributed by atoms with van der Waals surface area (Å²) in [6.07, 6.45) is -0.176. The highest BCUT2D eigenvalue weighted by molar-refractivity contribution is 6.32. The topological polar surface area (TPSA) is 147 Å². The molecule has 1 saturated heterocycles. The number of rotatable bonds is 5. The lowest BCUT2D eigenvalue weighted by molar-refractivity contribution is -0.137. The van der Waals surface area contributed by atoms with Gasteiger partial charge in [0.25, 0.3) is 11.5 Å². The molecular weight excluding hydrogens is 669 g/mol. The lowest BCUT2D eigenvalue weighted by Gasteiger charge is -2.36. The first kappa shape index (κ1) is 32.6. The minimum Gasteiger partial charge on any atom is -0.504 e. The third-order valence-corrected chi connectivity index (χ3v) is 9.36. The van der Waals surface area contributed by atoms with Crippen molar-refractivity contribution in [1.29, 1.82) is 0 Å². The number of carbonyl (C=O) groups excluding carboxylic acids is 2. The van der Waals surface area contributed by atoms with Crippen molar-refractivity contribution in [1.82, 2.24) is 29.0 Å². The predicted octanol–water partition coefficient (Wildman–Crippen LogP) is 3.86. The first-order chi connectivity index (χ1) is 23.4. The summed E-state index contributed by atoms with van der Waals surface area (Å²) in [5.74, 6) is -0.879. The molecule has 17 heteroatoms. The summed E-state index contributed by atoms with van der Waals surface area (Å²) in [6.45, 7) is 3.24. The van der Waals surface area contributed by atoms with Crippen LogP contribution in [-0.4, -0.2) is 85.4 Å². The van der Waals surface area contributed by atoms with Gasteiger partial charge in [-0.25, -0.2) is 4.98 Å². The third-order valence-electron chi connectivity index (χ3n) is 9.06. The number of carbonyl (C=O) groups is 2. The Morgan fingerprint density at radius 2 is 1.90 bits per heavy atom. The molecule has 0 radical (unpaired) electrons. The Morgan fingerprint density at radius 1 is 1.12 bits per heavy atom. The lowest BCUT2D eigenvalue weighted by Crippen LogP contribution is -2.51. The van der Waals surface area contributed by atoms with Crippen molar-refractivity contribution >= 4 is 46.1 Å². The molecular formula is C32H30ClF3N8O5. The standard InChI is InChI=1S/C32H30ClF3N8O5/c1-17-16-19(32(34,35)36)2-3-21(17)38-28(46)23-5-4-22-25(30(48)44-31(43(22)23)39-27(40-44)18-7-14-49-15-8-18)41-10-12-42(13-11-41)29(47)24-26(45)20(33)6-9-37-24/h2-3,6-7,9,16,23,45H,4-5,8,10-15H2,1H3,(H,38,46)/t23-/m1/s1. The van der Waals surface area contributed by atoms with Gasteiger partial charge in [-0.2, -0.15) is 22.7 Å². The Balaban J connectivity index is 1.23. The summed E-state index contributed by atoms with van der Waals surface area (Å²) in [4.78, 5) is 53.2. The minimum absolute atomic E-state index is 0.00432. The second-order valence-electron chi connectivity index (χ2n) is 12.0. The van der Waals surface area contributed by atoms with Gasteiger partial charge in [-0.05, 0) is 61.6 Å². The zero-order valence-corrected chi connectivity index (χ0v) is 26.9. The van der Waals surface area contributed by atoms with Crippen LogP contribution >= 0.6 is 11.6 Å². The van der Waals surface area contributed by atoms with E-state index in [0.717, 1.165) is 17.7 Å². The molecule has 3 aliphatic heterocycles. The average molecular weight is 699 g/mol. The van der Waals surface area contributed by atoms with E-state index in [-0.39, 0.29) is 53.9 Å². The molecule has 0 saturated carbocycles. The Hall–Kier alpha value is -4.96. The van der Waals surface area contributed by atoms with Crippen molar-refractivity contribution in [2.75, 3.05) is 49.6 Å². The van der Waals surface area contributed by atoms with Gasteiger partial charge in [0, 0.05) is 38.1 Å². The largest absolute Gasteiger partial charge is 0.504 e. The van der Waals surface area contributed by atoms with Gasteiger partial charge in [-0.15, -0.1) is 5.10 Å². The normalized spacial score (nSPS) is 18.1. The van der Waals surface area contributed by atoms with Gasteiger partial charge < -0.3 is 25.0 Å². The quantitative estimate of drug-likeness (QED) is 0.317. The van der Waals surface area contributed by atoms with Gasteiger partial charge in [0.2, 0.25) is 11.7 Å². The molecule has 2 N–H and O–H groups in total.